The summed E-state index contributed by atoms with van der Waals surface area (Å²) in [6.07, 6.45) is 3.91. The van der Waals surface area contributed by atoms with Crippen molar-refractivity contribution in [3.63, 3.8) is 0 Å². The summed E-state index contributed by atoms with van der Waals surface area (Å²) in [6.45, 7) is 0.893. The number of nitrogens with two attached hydrogens (primary N) is 2. The van der Waals surface area contributed by atoms with Gasteiger partial charge in [-0.05, 0) is 30.7 Å². The molecule has 1 amide bonds. The molecule has 3 aromatic rings. The van der Waals surface area contributed by atoms with Crippen LogP contribution in [0.15, 0.2) is 48.8 Å². The van der Waals surface area contributed by atoms with Crippen LogP contribution in [-0.2, 0) is 4.74 Å². The van der Waals surface area contributed by atoms with Gasteiger partial charge in [-0.1, -0.05) is 12.1 Å². The van der Waals surface area contributed by atoms with Gasteiger partial charge in [0.05, 0.1) is 12.2 Å². The van der Waals surface area contributed by atoms with Crippen molar-refractivity contribution < 1.29 is 13.9 Å². The van der Waals surface area contributed by atoms with E-state index in [1.54, 1.807) is 30.6 Å². The van der Waals surface area contributed by atoms with Gasteiger partial charge in [-0.15, -0.1) is 0 Å². The Labute approximate surface area is 178 Å². The van der Waals surface area contributed by atoms with Gasteiger partial charge in [0.2, 0.25) is 0 Å². The maximum absolute atomic E-state index is 14.6. The number of amides is 1. The Balaban J connectivity index is 1.64. The highest BCUT2D eigenvalue weighted by molar-refractivity contribution is 5.98. The predicted molar refractivity (Wildman–Crippen MR) is 114 cm³/mol. The molecule has 1 aliphatic heterocycles. The van der Waals surface area contributed by atoms with Crippen molar-refractivity contribution in [1.82, 2.24) is 15.0 Å². The third-order valence-electron chi connectivity index (χ3n) is 4.91. The van der Waals surface area contributed by atoms with Crippen molar-refractivity contribution in [2.45, 2.75) is 18.5 Å². The fraction of sp³-hybridized carbons (Fsp3) is 0.238. The van der Waals surface area contributed by atoms with Gasteiger partial charge in [0.15, 0.2) is 17.5 Å². The standard InChI is InChI=1S/C21H22FN7O2/c22-15-10-14(18(24)30)20(29-21(15)28-17-5-8-31-11-16(17)23)27-13-4-1-3-12(9-13)19-25-6-2-7-26-19/h1-4,6-7,9-10,16-17H,5,8,11,23H2,(H2,24,30)(H2,27,28,29)/t16-,17+/m0/s1. The summed E-state index contributed by atoms with van der Waals surface area (Å²) in [7, 11) is 0. The van der Waals surface area contributed by atoms with E-state index in [0.29, 0.717) is 31.1 Å². The third-order valence-corrected chi connectivity index (χ3v) is 4.91. The molecule has 1 aliphatic rings. The first-order valence-corrected chi connectivity index (χ1v) is 9.76. The lowest BCUT2D eigenvalue weighted by Crippen LogP contribution is -2.47. The molecular formula is C21H22FN7O2. The van der Waals surface area contributed by atoms with Crippen LogP contribution in [0.3, 0.4) is 0 Å². The van der Waals surface area contributed by atoms with E-state index in [2.05, 4.69) is 25.6 Å². The molecule has 3 heterocycles. The molecule has 0 saturated carbocycles. The molecule has 4 rings (SSSR count). The lowest BCUT2D eigenvalue weighted by Gasteiger charge is -2.30. The molecule has 6 N–H and O–H groups in total. The van der Waals surface area contributed by atoms with Crippen LogP contribution in [0, 0.1) is 5.82 Å². The number of anilines is 3. The van der Waals surface area contributed by atoms with Gasteiger partial charge in [-0.3, -0.25) is 4.79 Å². The van der Waals surface area contributed by atoms with Crippen molar-refractivity contribution in [3.8, 4) is 11.4 Å². The Bertz CT molecular complexity index is 1080. The first-order chi connectivity index (χ1) is 15.0. The minimum absolute atomic E-state index is 0.0163. The number of carbonyl (C=O) groups excluding carboxylic acids is 1. The average Bonchev–Trinajstić information content (AvgIpc) is 2.78. The number of primary amides is 1. The van der Waals surface area contributed by atoms with Crippen LogP contribution in [0.5, 0.6) is 0 Å². The van der Waals surface area contributed by atoms with Crippen molar-refractivity contribution in [2.75, 3.05) is 23.8 Å². The quantitative estimate of drug-likeness (QED) is 0.472. The van der Waals surface area contributed by atoms with E-state index < -0.39 is 11.7 Å². The number of aromatic nitrogens is 3. The number of halogens is 1. The zero-order valence-electron chi connectivity index (χ0n) is 16.6. The normalized spacial score (nSPS) is 18.4. The number of nitrogens with one attached hydrogen (secondary N) is 2. The lowest BCUT2D eigenvalue weighted by atomic mass is 10.0. The molecule has 2 atom stereocenters. The van der Waals surface area contributed by atoms with Crippen LogP contribution in [0.1, 0.15) is 16.8 Å². The first-order valence-electron chi connectivity index (χ1n) is 9.76. The molecule has 31 heavy (non-hydrogen) atoms. The minimum Gasteiger partial charge on any atom is -0.380 e. The molecule has 1 fully saturated rings. The summed E-state index contributed by atoms with van der Waals surface area (Å²) < 4.78 is 20.0. The number of hydrogen-bond acceptors (Lipinski definition) is 8. The molecule has 1 saturated heterocycles. The van der Waals surface area contributed by atoms with E-state index in [0.717, 1.165) is 11.6 Å². The lowest BCUT2D eigenvalue weighted by molar-refractivity contribution is 0.0751. The van der Waals surface area contributed by atoms with E-state index in [4.69, 9.17) is 16.2 Å². The van der Waals surface area contributed by atoms with Crippen LogP contribution in [-0.4, -0.2) is 46.2 Å². The molecule has 0 aliphatic carbocycles. The van der Waals surface area contributed by atoms with E-state index in [9.17, 15) is 9.18 Å². The molecule has 0 unspecified atom stereocenters. The van der Waals surface area contributed by atoms with Crippen LogP contribution in [0.25, 0.3) is 11.4 Å². The van der Waals surface area contributed by atoms with Crippen molar-refractivity contribution in [2.24, 2.45) is 11.5 Å². The summed E-state index contributed by atoms with van der Waals surface area (Å²) in [4.78, 5) is 24.7. The van der Waals surface area contributed by atoms with Gasteiger partial charge in [0.1, 0.15) is 5.82 Å². The molecule has 0 spiro atoms. The van der Waals surface area contributed by atoms with Gasteiger partial charge in [-0.25, -0.2) is 19.3 Å². The van der Waals surface area contributed by atoms with E-state index in [-0.39, 0.29) is 29.3 Å². The first kappa shape index (κ1) is 20.6. The van der Waals surface area contributed by atoms with Gasteiger partial charge >= 0.3 is 0 Å². The highest BCUT2D eigenvalue weighted by atomic mass is 19.1. The zero-order valence-corrected chi connectivity index (χ0v) is 16.6. The van der Waals surface area contributed by atoms with Crippen LogP contribution in [0.2, 0.25) is 0 Å². The smallest absolute Gasteiger partial charge is 0.252 e. The second-order valence-electron chi connectivity index (χ2n) is 7.14. The highest BCUT2D eigenvalue weighted by Crippen LogP contribution is 2.27. The van der Waals surface area contributed by atoms with Crippen molar-refractivity contribution in [3.05, 3.63) is 60.2 Å². The van der Waals surface area contributed by atoms with Crippen LogP contribution >= 0.6 is 0 Å². The van der Waals surface area contributed by atoms with Crippen molar-refractivity contribution in [1.29, 1.82) is 0 Å². The monoisotopic (exact) mass is 423 g/mol. The van der Waals surface area contributed by atoms with E-state index >= 15 is 0 Å². The summed E-state index contributed by atoms with van der Waals surface area (Å²) in [5.41, 5.74) is 12.8. The maximum atomic E-state index is 14.6. The Morgan fingerprint density at radius 2 is 1.97 bits per heavy atom. The Morgan fingerprint density at radius 3 is 2.71 bits per heavy atom. The molecular weight excluding hydrogens is 401 g/mol. The molecule has 160 valence electrons. The number of rotatable bonds is 6. The van der Waals surface area contributed by atoms with Gasteiger partial charge < -0.3 is 26.8 Å². The second-order valence-corrected chi connectivity index (χ2v) is 7.14. The predicted octanol–water partition coefficient (Wildman–Crippen LogP) is 2.05. The van der Waals surface area contributed by atoms with Crippen LogP contribution in [0.4, 0.5) is 21.7 Å². The Morgan fingerprint density at radius 1 is 1.16 bits per heavy atom. The number of hydrogen-bond donors (Lipinski definition) is 4. The number of ether oxygens (including phenoxy) is 1. The summed E-state index contributed by atoms with van der Waals surface area (Å²) in [5, 5.41) is 6.08. The summed E-state index contributed by atoms with van der Waals surface area (Å²) >= 11 is 0. The fourth-order valence-corrected chi connectivity index (χ4v) is 3.31. The van der Waals surface area contributed by atoms with Gasteiger partial charge in [-0.2, -0.15) is 0 Å². The number of pyridine rings is 1. The number of nitrogens with zero attached hydrogens (tertiary/aromatic N) is 3. The molecule has 2 aromatic heterocycles. The van der Waals surface area contributed by atoms with Gasteiger partial charge in [0.25, 0.3) is 5.91 Å². The topological polar surface area (TPSA) is 141 Å². The molecule has 9 nitrogen and oxygen atoms in total. The average molecular weight is 423 g/mol. The Kier molecular flexibility index (Phi) is 6.01. The number of benzene rings is 1. The maximum Gasteiger partial charge on any atom is 0.252 e. The highest BCUT2D eigenvalue weighted by Gasteiger charge is 2.25. The van der Waals surface area contributed by atoms with Crippen LogP contribution < -0.4 is 22.1 Å². The van der Waals surface area contributed by atoms with Gasteiger partial charge in [0, 0.05) is 42.3 Å². The second kappa shape index (κ2) is 9.02. The fourth-order valence-electron chi connectivity index (χ4n) is 3.31. The largest absolute Gasteiger partial charge is 0.380 e. The summed E-state index contributed by atoms with van der Waals surface area (Å²) in [5.74, 6) is -0.833. The zero-order chi connectivity index (χ0) is 21.8. The molecule has 10 heteroatoms. The van der Waals surface area contributed by atoms with Crippen molar-refractivity contribution >= 4 is 23.2 Å². The molecule has 0 radical (unpaired) electrons. The van der Waals surface area contributed by atoms with E-state index in [1.807, 2.05) is 12.1 Å². The minimum atomic E-state index is -0.800. The molecule has 0 bridgehead atoms. The molecule has 1 aromatic carbocycles. The Hall–Kier alpha value is -3.63. The van der Waals surface area contributed by atoms with E-state index in [1.165, 1.54) is 0 Å². The SMILES string of the molecule is NC(=O)c1cc(F)c(N[C@@H]2CCOC[C@@H]2N)nc1Nc1cccc(-c2ncccn2)c1. The summed E-state index contributed by atoms with van der Waals surface area (Å²) in [6, 6.07) is 9.53. The third kappa shape index (κ3) is 4.76. The number of carbonyl (C=O) groups is 1.